The molecular formula is C23H26N4O3. The quantitative estimate of drug-likeness (QED) is 0.844. The molecule has 1 atom stereocenters. The van der Waals surface area contributed by atoms with Crippen molar-refractivity contribution >= 4 is 11.8 Å². The molecule has 1 saturated heterocycles. The minimum Gasteiger partial charge on any atom is -0.487 e. The highest BCUT2D eigenvalue weighted by atomic mass is 16.5. The second kappa shape index (κ2) is 7.70. The van der Waals surface area contributed by atoms with Crippen molar-refractivity contribution in [2.45, 2.75) is 56.1 Å². The smallest absolute Gasteiger partial charge is 0.255 e. The normalized spacial score (nSPS) is 22.1. The topological polar surface area (TPSA) is 84.4 Å². The zero-order chi connectivity index (χ0) is 20.6. The maximum atomic E-state index is 12.8. The van der Waals surface area contributed by atoms with Crippen LogP contribution in [-0.4, -0.2) is 51.6 Å². The molecule has 1 aliphatic carbocycles. The Hall–Kier alpha value is -2.96. The van der Waals surface area contributed by atoms with E-state index in [0.29, 0.717) is 31.1 Å². The number of carbonyl (C=O) groups is 2. The van der Waals surface area contributed by atoms with E-state index in [1.54, 1.807) is 6.07 Å². The number of hydrogen-bond acceptors (Lipinski definition) is 5. The van der Waals surface area contributed by atoms with Crippen LogP contribution in [0.5, 0.6) is 5.75 Å². The Morgan fingerprint density at radius 2 is 1.93 bits per heavy atom. The van der Waals surface area contributed by atoms with Gasteiger partial charge >= 0.3 is 0 Å². The van der Waals surface area contributed by atoms with Crippen molar-refractivity contribution in [3.63, 3.8) is 0 Å². The van der Waals surface area contributed by atoms with Gasteiger partial charge in [0.1, 0.15) is 11.4 Å². The van der Waals surface area contributed by atoms with Gasteiger partial charge in [-0.2, -0.15) is 10.2 Å². The van der Waals surface area contributed by atoms with E-state index in [2.05, 4.69) is 21.6 Å². The third-order valence-electron chi connectivity index (χ3n) is 6.47. The summed E-state index contributed by atoms with van der Waals surface area (Å²) >= 11 is 0. The summed E-state index contributed by atoms with van der Waals surface area (Å²) in [7, 11) is 0. The van der Waals surface area contributed by atoms with Gasteiger partial charge in [0.05, 0.1) is 18.0 Å². The summed E-state index contributed by atoms with van der Waals surface area (Å²) in [6.45, 7) is 1.26. The number of piperidine rings is 1. The van der Waals surface area contributed by atoms with Crippen LogP contribution in [0.25, 0.3) is 0 Å². The molecule has 156 valence electrons. The Morgan fingerprint density at radius 3 is 2.67 bits per heavy atom. The number of amides is 2. The van der Waals surface area contributed by atoms with Crippen LogP contribution in [0.2, 0.25) is 0 Å². The number of carbonyl (C=O) groups excluding carboxylic acids is 2. The summed E-state index contributed by atoms with van der Waals surface area (Å²) in [5, 5.41) is 10.7. The third kappa shape index (κ3) is 3.88. The number of ether oxygens (including phenoxy) is 1. The molecular weight excluding hydrogens is 380 g/mol. The number of aromatic nitrogens is 2. The van der Waals surface area contributed by atoms with E-state index >= 15 is 0 Å². The number of nitrogens with zero attached hydrogens (tertiary/aromatic N) is 3. The number of rotatable bonds is 4. The average molecular weight is 406 g/mol. The standard InChI is InChI=1S/C23H26N4O3/c28-21(26-18-5-6-18)13-17-14-23(30-20-4-2-1-3-19(17)20)8-11-27(12-9-23)22(29)16-7-10-24-25-15-16/h1-4,7,10,15,17-18H,5-6,8-9,11-14H2,(H,26,28)/t17-/m1/s1. The van der Waals surface area contributed by atoms with Crippen molar-refractivity contribution in [2.24, 2.45) is 0 Å². The molecule has 2 aliphatic heterocycles. The fraction of sp³-hybridized carbons (Fsp3) is 0.478. The van der Waals surface area contributed by atoms with Gasteiger partial charge in [-0.15, -0.1) is 0 Å². The summed E-state index contributed by atoms with van der Waals surface area (Å²) < 4.78 is 6.51. The van der Waals surface area contributed by atoms with E-state index in [0.717, 1.165) is 43.4 Å². The summed E-state index contributed by atoms with van der Waals surface area (Å²) in [6.07, 6.45) is 8.04. The fourth-order valence-electron chi connectivity index (χ4n) is 4.69. The third-order valence-corrected chi connectivity index (χ3v) is 6.47. The molecule has 30 heavy (non-hydrogen) atoms. The van der Waals surface area contributed by atoms with E-state index < -0.39 is 0 Å². The minimum absolute atomic E-state index is 0.0173. The second-order valence-electron chi connectivity index (χ2n) is 8.69. The zero-order valence-electron chi connectivity index (χ0n) is 16.9. The van der Waals surface area contributed by atoms with Gasteiger partial charge in [0.25, 0.3) is 5.91 Å². The maximum absolute atomic E-state index is 12.8. The molecule has 1 spiro atoms. The van der Waals surface area contributed by atoms with Crippen LogP contribution < -0.4 is 10.1 Å². The van der Waals surface area contributed by atoms with Crippen LogP contribution >= 0.6 is 0 Å². The molecule has 3 heterocycles. The van der Waals surface area contributed by atoms with Gasteiger partial charge < -0.3 is 15.0 Å². The van der Waals surface area contributed by atoms with Gasteiger partial charge in [-0.05, 0) is 37.0 Å². The zero-order valence-corrected chi connectivity index (χ0v) is 16.9. The predicted octanol–water partition coefficient (Wildman–Crippen LogP) is 2.69. The first-order valence-corrected chi connectivity index (χ1v) is 10.8. The van der Waals surface area contributed by atoms with Crippen molar-refractivity contribution in [1.82, 2.24) is 20.4 Å². The number of para-hydroxylation sites is 1. The first-order valence-electron chi connectivity index (χ1n) is 10.8. The molecule has 1 aromatic carbocycles. The van der Waals surface area contributed by atoms with Crippen LogP contribution in [0.15, 0.2) is 42.7 Å². The van der Waals surface area contributed by atoms with Gasteiger partial charge in [0.2, 0.25) is 5.91 Å². The molecule has 2 amide bonds. The van der Waals surface area contributed by atoms with Crippen molar-refractivity contribution in [3.8, 4) is 5.75 Å². The largest absolute Gasteiger partial charge is 0.487 e. The van der Waals surface area contributed by atoms with Crippen LogP contribution in [0.4, 0.5) is 0 Å². The summed E-state index contributed by atoms with van der Waals surface area (Å²) in [4.78, 5) is 27.1. The molecule has 7 nitrogen and oxygen atoms in total. The van der Waals surface area contributed by atoms with Gasteiger partial charge in [0.15, 0.2) is 0 Å². The number of fused-ring (bicyclic) bond motifs is 1. The lowest BCUT2D eigenvalue weighted by Crippen LogP contribution is -2.52. The van der Waals surface area contributed by atoms with Gasteiger partial charge in [-0.3, -0.25) is 9.59 Å². The van der Waals surface area contributed by atoms with E-state index in [1.165, 1.54) is 12.4 Å². The lowest BCUT2D eigenvalue weighted by molar-refractivity contribution is -0.122. The first kappa shape index (κ1) is 19.0. The van der Waals surface area contributed by atoms with Crippen molar-refractivity contribution < 1.29 is 14.3 Å². The Morgan fingerprint density at radius 1 is 1.13 bits per heavy atom. The summed E-state index contributed by atoms with van der Waals surface area (Å²) in [5.74, 6) is 1.13. The molecule has 0 unspecified atom stereocenters. The lowest BCUT2D eigenvalue weighted by Gasteiger charge is -2.47. The van der Waals surface area contributed by atoms with E-state index in [9.17, 15) is 9.59 Å². The van der Waals surface area contributed by atoms with Gasteiger partial charge in [0, 0.05) is 44.3 Å². The Balaban J connectivity index is 1.30. The van der Waals surface area contributed by atoms with E-state index in [-0.39, 0.29) is 23.3 Å². The number of nitrogens with one attached hydrogen (secondary N) is 1. The molecule has 0 radical (unpaired) electrons. The minimum atomic E-state index is -0.327. The van der Waals surface area contributed by atoms with Crippen LogP contribution in [0.3, 0.4) is 0 Å². The first-order chi connectivity index (χ1) is 14.6. The number of likely N-dealkylation sites (tertiary alicyclic amines) is 1. The highest BCUT2D eigenvalue weighted by Gasteiger charge is 2.44. The Labute approximate surface area is 175 Å². The van der Waals surface area contributed by atoms with Gasteiger partial charge in [-0.1, -0.05) is 18.2 Å². The van der Waals surface area contributed by atoms with E-state index in [4.69, 9.17) is 4.74 Å². The molecule has 2 fully saturated rings. The number of benzene rings is 1. The maximum Gasteiger partial charge on any atom is 0.255 e. The van der Waals surface area contributed by atoms with Crippen LogP contribution in [0.1, 0.15) is 60.4 Å². The van der Waals surface area contributed by atoms with Crippen molar-refractivity contribution in [2.75, 3.05) is 13.1 Å². The molecule has 2 aromatic rings. The molecule has 1 saturated carbocycles. The fourth-order valence-corrected chi connectivity index (χ4v) is 4.69. The van der Waals surface area contributed by atoms with Crippen molar-refractivity contribution in [1.29, 1.82) is 0 Å². The highest BCUT2D eigenvalue weighted by molar-refractivity contribution is 5.93. The Kier molecular flexibility index (Phi) is 4.89. The number of hydrogen-bond donors (Lipinski definition) is 1. The summed E-state index contributed by atoms with van der Waals surface area (Å²) in [6, 6.07) is 10.1. The predicted molar refractivity (Wildman–Crippen MR) is 110 cm³/mol. The Bertz CT molecular complexity index is 936. The molecule has 1 N–H and O–H groups in total. The van der Waals surface area contributed by atoms with E-state index in [1.807, 2.05) is 23.1 Å². The molecule has 3 aliphatic rings. The van der Waals surface area contributed by atoms with Gasteiger partial charge in [-0.25, -0.2) is 0 Å². The lowest BCUT2D eigenvalue weighted by atomic mass is 9.76. The van der Waals surface area contributed by atoms with Crippen LogP contribution in [-0.2, 0) is 4.79 Å². The average Bonchev–Trinajstić information content (AvgIpc) is 3.58. The molecule has 1 aromatic heterocycles. The second-order valence-corrected chi connectivity index (χ2v) is 8.69. The summed E-state index contributed by atoms with van der Waals surface area (Å²) in [5.41, 5.74) is 1.35. The SMILES string of the molecule is O=C(C[C@@H]1CC2(CCN(C(=O)c3ccnnc3)CC2)Oc2ccccc21)NC1CC1. The van der Waals surface area contributed by atoms with Crippen molar-refractivity contribution in [3.05, 3.63) is 53.9 Å². The molecule has 7 heteroatoms. The molecule has 5 rings (SSSR count). The van der Waals surface area contributed by atoms with Crippen LogP contribution in [0, 0.1) is 0 Å². The monoisotopic (exact) mass is 406 g/mol. The molecule has 0 bridgehead atoms. The highest BCUT2D eigenvalue weighted by Crippen LogP contribution is 2.46.